The molecule has 26 heavy (non-hydrogen) atoms. The van der Waals surface area contributed by atoms with Crippen molar-refractivity contribution in [2.45, 2.75) is 11.8 Å². The van der Waals surface area contributed by atoms with E-state index in [-0.39, 0.29) is 10.6 Å². The number of benzene rings is 2. The number of nitrogens with one attached hydrogen (secondary N) is 1. The van der Waals surface area contributed by atoms with Gasteiger partial charge in [0.05, 0.1) is 24.9 Å². The van der Waals surface area contributed by atoms with Gasteiger partial charge in [-0.2, -0.15) is 0 Å². The molecule has 3 rings (SSSR count). The van der Waals surface area contributed by atoms with Gasteiger partial charge in [-0.3, -0.25) is 4.72 Å². The van der Waals surface area contributed by atoms with Gasteiger partial charge in [-0.05, 0) is 31.2 Å². The first-order valence-corrected chi connectivity index (χ1v) is 10.1. The van der Waals surface area contributed by atoms with E-state index >= 15 is 0 Å². The maximum absolute atomic E-state index is 12.8. The molecular formula is C18H18N2O4S2. The zero-order valence-electron chi connectivity index (χ0n) is 14.5. The zero-order chi connectivity index (χ0) is 18.7. The molecule has 0 aliphatic carbocycles. The summed E-state index contributed by atoms with van der Waals surface area (Å²) in [5.74, 6) is 0.674. The third-order valence-corrected chi connectivity index (χ3v) is 5.89. The van der Waals surface area contributed by atoms with Crippen molar-refractivity contribution in [3.63, 3.8) is 0 Å². The topological polar surface area (TPSA) is 77.5 Å². The number of methoxy groups -OCH3 is 2. The summed E-state index contributed by atoms with van der Waals surface area (Å²) in [7, 11) is -0.932. The molecule has 0 radical (unpaired) electrons. The molecule has 0 saturated heterocycles. The van der Waals surface area contributed by atoms with Gasteiger partial charge < -0.3 is 9.47 Å². The number of hydrogen-bond acceptors (Lipinski definition) is 6. The van der Waals surface area contributed by atoms with Gasteiger partial charge in [0.25, 0.3) is 10.0 Å². The SMILES string of the molecule is COc1ccc(OC)c(S(=O)(=O)Nc2ccc(-c3csc(C)n3)cc2)c1. The van der Waals surface area contributed by atoms with Crippen LogP contribution in [-0.4, -0.2) is 27.6 Å². The van der Waals surface area contributed by atoms with E-state index in [0.717, 1.165) is 16.3 Å². The molecule has 0 spiro atoms. The summed E-state index contributed by atoms with van der Waals surface area (Å²) < 4.78 is 38.3. The quantitative estimate of drug-likeness (QED) is 0.690. The average molecular weight is 390 g/mol. The molecule has 136 valence electrons. The van der Waals surface area contributed by atoms with Gasteiger partial charge in [-0.25, -0.2) is 13.4 Å². The molecule has 0 aliphatic heterocycles. The van der Waals surface area contributed by atoms with Crippen molar-refractivity contribution in [3.05, 3.63) is 52.9 Å². The highest BCUT2D eigenvalue weighted by Gasteiger charge is 2.21. The van der Waals surface area contributed by atoms with Crippen LogP contribution >= 0.6 is 11.3 Å². The first-order chi connectivity index (χ1) is 12.4. The van der Waals surface area contributed by atoms with Crippen LogP contribution in [0.2, 0.25) is 0 Å². The fraction of sp³-hybridized carbons (Fsp3) is 0.167. The number of rotatable bonds is 6. The van der Waals surface area contributed by atoms with E-state index in [4.69, 9.17) is 9.47 Å². The maximum atomic E-state index is 12.8. The Balaban J connectivity index is 1.88. The second kappa shape index (κ2) is 7.35. The predicted octanol–water partition coefficient (Wildman–Crippen LogP) is 3.94. The van der Waals surface area contributed by atoms with E-state index < -0.39 is 10.0 Å². The van der Waals surface area contributed by atoms with Crippen LogP contribution < -0.4 is 14.2 Å². The number of anilines is 1. The van der Waals surface area contributed by atoms with Crippen molar-refractivity contribution in [2.24, 2.45) is 0 Å². The number of aryl methyl sites for hydroxylation is 1. The summed E-state index contributed by atoms with van der Waals surface area (Å²) in [4.78, 5) is 4.44. The van der Waals surface area contributed by atoms with Crippen molar-refractivity contribution in [1.29, 1.82) is 0 Å². The largest absolute Gasteiger partial charge is 0.497 e. The van der Waals surface area contributed by atoms with E-state index in [1.54, 1.807) is 35.6 Å². The second-order valence-electron chi connectivity index (χ2n) is 5.45. The molecule has 0 saturated carbocycles. The predicted molar refractivity (Wildman–Crippen MR) is 103 cm³/mol. The van der Waals surface area contributed by atoms with Gasteiger partial charge in [-0.15, -0.1) is 11.3 Å². The minimum atomic E-state index is -3.83. The molecule has 1 heterocycles. The number of hydrogen-bond donors (Lipinski definition) is 1. The summed E-state index contributed by atoms with van der Waals surface area (Å²) in [6.07, 6.45) is 0. The fourth-order valence-corrected chi connectivity index (χ4v) is 4.28. The lowest BCUT2D eigenvalue weighted by Gasteiger charge is -2.13. The highest BCUT2D eigenvalue weighted by Crippen LogP contribution is 2.30. The monoisotopic (exact) mass is 390 g/mol. The molecule has 8 heteroatoms. The number of aromatic nitrogens is 1. The lowest BCUT2D eigenvalue weighted by molar-refractivity contribution is 0.392. The van der Waals surface area contributed by atoms with Crippen LogP contribution in [0.25, 0.3) is 11.3 Å². The summed E-state index contributed by atoms with van der Waals surface area (Å²) in [6.45, 7) is 1.94. The highest BCUT2D eigenvalue weighted by molar-refractivity contribution is 7.92. The smallest absolute Gasteiger partial charge is 0.265 e. The van der Waals surface area contributed by atoms with Crippen LogP contribution in [-0.2, 0) is 10.0 Å². The Morgan fingerprint density at radius 1 is 1.04 bits per heavy atom. The van der Waals surface area contributed by atoms with E-state index in [9.17, 15) is 8.42 Å². The minimum absolute atomic E-state index is 0.0125. The molecule has 0 amide bonds. The van der Waals surface area contributed by atoms with E-state index in [1.807, 2.05) is 24.4 Å². The fourth-order valence-electron chi connectivity index (χ4n) is 2.41. The minimum Gasteiger partial charge on any atom is -0.497 e. The average Bonchev–Trinajstić information content (AvgIpc) is 3.08. The third kappa shape index (κ3) is 3.81. The van der Waals surface area contributed by atoms with Crippen LogP contribution in [0, 0.1) is 6.92 Å². The molecule has 3 aromatic rings. The van der Waals surface area contributed by atoms with Crippen LogP contribution in [0.4, 0.5) is 5.69 Å². The molecule has 1 N–H and O–H groups in total. The number of thiazole rings is 1. The Morgan fingerprint density at radius 2 is 1.77 bits per heavy atom. The molecular weight excluding hydrogens is 372 g/mol. The number of ether oxygens (including phenoxy) is 2. The van der Waals surface area contributed by atoms with Gasteiger partial charge in [0.2, 0.25) is 0 Å². The van der Waals surface area contributed by atoms with Gasteiger partial charge in [0, 0.05) is 22.7 Å². The molecule has 0 fully saturated rings. The van der Waals surface area contributed by atoms with E-state index in [1.165, 1.54) is 20.3 Å². The number of sulfonamides is 1. The van der Waals surface area contributed by atoms with Crippen LogP contribution in [0.3, 0.4) is 0 Å². The second-order valence-corrected chi connectivity index (χ2v) is 8.16. The van der Waals surface area contributed by atoms with Crippen LogP contribution in [0.1, 0.15) is 5.01 Å². The highest BCUT2D eigenvalue weighted by atomic mass is 32.2. The van der Waals surface area contributed by atoms with Gasteiger partial charge in [0.1, 0.15) is 16.4 Å². The summed E-state index contributed by atoms with van der Waals surface area (Å²) >= 11 is 1.57. The molecule has 0 unspecified atom stereocenters. The first-order valence-electron chi connectivity index (χ1n) is 7.70. The molecule has 1 aromatic heterocycles. The Labute approximate surface area is 156 Å². The Morgan fingerprint density at radius 3 is 2.35 bits per heavy atom. The number of nitrogens with zero attached hydrogens (tertiary/aromatic N) is 1. The van der Waals surface area contributed by atoms with Gasteiger partial charge >= 0.3 is 0 Å². The standard InChI is InChI=1S/C18H18N2O4S2/c1-12-19-16(11-25-12)13-4-6-14(7-5-13)20-26(21,22)18-10-15(23-2)8-9-17(18)24-3/h4-11,20H,1-3H3. The Kier molecular flexibility index (Phi) is 5.15. The summed E-state index contributed by atoms with van der Waals surface area (Å²) in [6, 6.07) is 11.7. The van der Waals surface area contributed by atoms with Crippen molar-refractivity contribution in [3.8, 4) is 22.8 Å². The van der Waals surface area contributed by atoms with Crippen molar-refractivity contribution >= 4 is 27.0 Å². The summed E-state index contributed by atoms with van der Waals surface area (Å²) in [5.41, 5.74) is 2.25. The van der Waals surface area contributed by atoms with E-state index in [2.05, 4.69) is 9.71 Å². The third-order valence-electron chi connectivity index (χ3n) is 3.71. The zero-order valence-corrected chi connectivity index (χ0v) is 16.1. The summed E-state index contributed by atoms with van der Waals surface area (Å²) in [5, 5.41) is 2.95. The molecule has 0 bridgehead atoms. The van der Waals surface area contributed by atoms with Gasteiger partial charge in [-0.1, -0.05) is 12.1 Å². The first kappa shape index (κ1) is 18.2. The normalized spacial score (nSPS) is 11.2. The van der Waals surface area contributed by atoms with Crippen LogP contribution in [0.15, 0.2) is 52.7 Å². The molecule has 0 atom stereocenters. The Hall–Kier alpha value is -2.58. The maximum Gasteiger partial charge on any atom is 0.265 e. The van der Waals surface area contributed by atoms with Crippen molar-refractivity contribution < 1.29 is 17.9 Å². The molecule has 2 aromatic carbocycles. The van der Waals surface area contributed by atoms with Crippen molar-refractivity contribution in [2.75, 3.05) is 18.9 Å². The molecule has 6 nitrogen and oxygen atoms in total. The lowest BCUT2D eigenvalue weighted by Crippen LogP contribution is -2.14. The van der Waals surface area contributed by atoms with Gasteiger partial charge in [0.15, 0.2) is 0 Å². The van der Waals surface area contributed by atoms with Crippen molar-refractivity contribution in [1.82, 2.24) is 4.98 Å². The molecule has 0 aliphatic rings. The van der Waals surface area contributed by atoms with E-state index in [0.29, 0.717) is 11.4 Å². The Bertz CT molecular complexity index is 1010. The lowest BCUT2D eigenvalue weighted by atomic mass is 10.1. The van der Waals surface area contributed by atoms with Crippen LogP contribution in [0.5, 0.6) is 11.5 Å².